The first kappa shape index (κ1) is 15.7. The molecule has 0 fully saturated rings. The Bertz CT molecular complexity index is 556. The van der Waals surface area contributed by atoms with Crippen molar-refractivity contribution in [2.75, 3.05) is 11.9 Å². The average Bonchev–Trinajstić information content (AvgIpc) is 2.46. The van der Waals surface area contributed by atoms with E-state index in [1.54, 1.807) is 48.7 Å². The molecule has 1 N–H and O–H groups in total. The van der Waals surface area contributed by atoms with Crippen LogP contribution in [0.25, 0.3) is 0 Å². The van der Waals surface area contributed by atoms with Gasteiger partial charge in [-0.15, -0.1) is 12.4 Å². The maximum atomic E-state index is 11.9. The van der Waals surface area contributed by atoms with E-state index in [-0.39, 0.29) is 18.3 Å². The Kier molecular flexibility index (Phi) is 6.26. The Morgan fingerprint density at radius 3 is 2.60 bits per heavy atom. The van der Waals surface area contributed by atoms with E-state index in [0.717, 1.165) is 0 Å². The standard InChI is InChI=1S/C15H14N2O2.ClH/c1-2-11-19-13-8-6-12(7-9-13)15(18)17-14-5-3-4-10-16-14;/h2-10H,1,11H2,(H,16,17,18);1H. The Morgan fingerprint density at radius 1 is 1.25 bits per heavy atom. The van der Waals surface area contributed by atoms with Gasteiger partial charge in [0.15, 0.2) is 0 Å². The van der Waals surface area contributed by atoms with E-state index in [0.29, 0.717) is 23.7 Å². The zero-order chi connectivity index (χ0) is 13.5. The van der Waals surface area contributed by atoms with Crippen molar-refractivity contribution in [2.45, 2.75) is 0 Å². The molecule has 0 saturated carbocycles. The van der Waals surface area contributed by atoms with Crippen molar-refractivity contribution in [1.82, 2.24) is 4.98 Å². The Morgan fingerprint density at radius 2 is 2.00 bits per heavy atom. The molecule has 0 unspecified atom stereocenters. The van der Waals surface area contributed by atoms with Crippen LogP contribution in [-0.4, -0.2) is 17.5 Å². The average molecular weight is 291 g/mol. The number of rotatable bonds is 5. The molecule has 0 radical (unpaired) electrons. The third kappa shape index (κ3) is 4.40. The number of anilines is 1. The van der Waals surface area contributed by atoms with Crippen molar-refractivity contribution in [3.8, 4) is 5.75 Å². The fourth-order valence-corrected chi connectivity index (χ4v) is 1.48. The highest BCUT2D eigenvalue weighted by atomic mass is 35.5. The molecule has 0 aliphatic rings. The second-order valence-electron chi connectivity index (χ2n) is 3.79. The Balaban J connectivity index is 0.00000200. The first-order chi connectivity index (χ1) is 9.29. The number of benzene rings is 1. The van der Waals surface area contributed by atoms with E-state index in [2.05, 4.69) is 16.9 Å². The zero-order valence-corrected chi connectivity index (χ0v) is 11.6. The molecule has 2 aromatic rings. The number of carbonyl (C=O) groups excluding carboxylic acids is 1. The summed E-state index contributed by atoms with van der Waals surface area (Å²) in [5, 5.41) is 2.71. The van der Waals surface area contributed by atoms with E-state index >= 15 is 0 Å². The van der Waals surface area contributed by atoms with Gasteiger partial charge in [0.05, 0.1) is 0 Å². The number of hydrogen-bond acceptors (Lipinski definition) is 3. The number of halogens is 1. The predicted molar refractivity (Wildman–Crippen MR) is 81.6 cm³/mol. The summed E-state index contributed by atoms with van der Waals surface area (Å²) in [5.74, 6) is 1.03. The molecule has 0 aliphatic heterocycles. The van der Waals surface area contributed by atoms with Crippen LogP contribution in [0.2, 0.25) is 0 Å². The van der Waals surface area contributed by atoms with Crippen LogP contribution in [0.3, 0.4) is 0 Å². The number of aromatic nitrogens is 1. The van der Waals surface area contributed by atoms with E-state index in [9.17, 15) is 4.79 Å². The molecule has 5 heteroatoms. The van der Waals surface area contributed by atoms with Crippen LogP contribution in [0.1, 0.15) is 10.4 Å². The molecule has 0 atom stereocenters. The molecule has 1 amide bonds. The quantitative estimate of drug-likeness (QED) is 0.860. The van der Waals surface area contributed by atoms with Gasteiger partial charge in [-0.2, -0.15) is 0 Å². The van der Waals surface area contributed by atoms with E-state index < -0.39 is 0 Å². The van der Waals surface area contributed by atoms with Crippen molar-refractivity contribution >= 4 is 24.1 Å². The summed E-state index contributed by atoms with van der Waals surface area (Å²) >= 11 is 0. The molecule has 0 bridgehead atoms. The fourth-order valence-electron chi connectivity index (χ4n) is 1.48. The molecule has 20 heavy (non-hydrogen) atoms. The third-order valence-electron chi connectivity index (χ3n) is 2.39. The summed E-state index contributed by atoms with van der Waals surface area (Å²) in [6.45, 7) is 4.02. The topological polar surface area (TPSA) is 51.2 Å². The number of amides is 1. The lowest BCUT2D eigenvalue weighted by Gasteiger charge is -2.06. The van der Waals surface area contributed by atoms with Crippen LogP contribution in [-0.2, 0) is 0 Å². The van der Waals surface area contributed by atoms with Crippen LogP contribution in [0, 0.1) is 0 Å². The lowest BCUT2D eigenvalue weighted by molar-refractivity contribution is 0.102. The molecule has 0 spiro atoms. The molecule has 1 aromatic heterocycles. The summed E-state index contributed by atoms with van der Waals surface area (Å²) in [7, 11) is 0. The molecule has 0 aliphatic carbocycles. The first-order valence-corrected chi connectivity index (χ1v) is 5.86. The number of ether oxygens (including phenoxy) is 1. The molecule has 2 rings (SSSR count). The molecule has 1 heterocycles. The van der Waals surface area contributed by atoms with Gasteiger partial charge in [-0.3, -0.25) is 4.79 Å². The van der Waals surface area contributed by atoms with Crippen molar-refractivity contribution in [1.29, 1.82) is 0 Å². The monoisotopic (exact) mass is 290 g/mol. The highest BCUT2D eigenvalue weighted by Crippen LogP contribution is 2.13. The molecule has 1 aromatic carbocycles. The summed E-state index contributed by atoms with van der Waals surface area (Å²) in [5.41, 5.74) is 0.552. The largest absolute Gasteiger partial charge is 0.490 e. The maximum Gasteiger partial charge on any atom is 0.256 e. The normalized spacial score (nSPS) is 9.20. The van der Waals surface area contributed by atoms with Gasteiger partial charge in [0.25, 0.3) is 5.91 Å². The van der Waals surface area contributed by atoms with Gasteiger partial charge in [-0.25, -0.2) is 4.98 Å². The molecular weight excluding hydrogens is 276 g/mol. The van der Waals surface area contributed by atoms with Gasteiger partial charge in [-0.1, -0.05) is 18.7 Å². The van der Waals surface area contributed by atoms with Crippen molar-refractivity contribution in [3.63, 3.8) is 0 Å². The minimum atomic E-state index is -0.200. The summed E-state index contributed by atoms with van der Waals surface area (Å²) < 4.78 is 5.35. The van der Waals surface area contributed by atoms with E-state index in [4.69, 9.17) is 4.74 Å². The Hall–Kier alpha value is -2.33. The van der Waals surface area contributed by atoms with Gasteiger partial charge in [0.1, 0.15) is 18.2 Å². The maximum absolute atomic E-state index is 11.9. The number of nitrogens with zero attached hydrogens (tertiary/aromatic N) is 1. The van der Waals surface area contributed by atoms with Gasteiger partial charge in [0, 0.05) is 11.8 Å². The van der Waals surface area contributed by atoms with Crippen LogP contribution < -0.4 is 10.1 Å². The highest BCUT2D eigenvalue weighted by molar-refractivity contribution is 6.03. The van der Waals surface area contributed by atoms with Gasteiger partial charge in [0.2, 0.25) is 0 Å². The number of hydrogen-bond donors (Lipinski definition) is 1. The molecule has 0 saturated heterocycles. The van der Waals surface area contributed by atoms with Gasteiger partial charge >= 0.3 is 0 Å². The number of pyridine rings is 1. The zero-order valence-electron chi connectivity index (χ0n) is 10.8. The fraction of sp³-hybridized carbons (Fsp3) is 0.0667. The second kappa shape index (κ2) is 7.96. The van der Waals surface area contributed by atoms with Gasteiger partial charge in [-0.05, 0) is 36.4 Å². The second-order valence-corrected chi connectivity index (χ2v) is 3.79. The molecular formula is C15H15ClN2O2. The summed E-state index contributed by atoms with van der Waals surface area (Å²) in [4.78, 5) is 16.0. The van der Waals surface area contributed by atoms with E-state index in [1.807, 2.05) is 6.07 Å². The number of nitrogens with one attached hydrogen (secondary N) is 1. The van der Waals surface area contributed by atoms with Crippen LogP contribution >= 0.6 is 12.4 Å². The highest BCUT2D eigenvalue weighted by Gasteiger charge is 2.06. The third-order valence-corrected chi connectivity index (χ3v) is 2.39. The van der Waals surface area contributed by atoms with Crippen molar-refractivity contribution in [3.05, 3.63) is 66.9 Å². The van der Waals surface area contributed by atoms with Crippen LogP contribution in [0.15, 0.2) is 61.3 Å². The lowest BCUT2D eigenvalue weighted by Crippen LogP contribution is -2.12. The first-order valence-electron chi connectivity index (χ1n) is 5.86. The molecule has 4 nitrogen and oxygen atoms in total. The minimum absolute atomic E-state index is 0. The number of carbonyl (C=O) groups is 1. The summed E-state index contributed by atoms with van der Waals surface area (Å²) in [6, 6.07) is 12.2. The van der Waals surface area contributed by atoms with Crippen LogP contribution in [0.4, 0.5) is 5.82 Å². The van der Waals surface area contributed by atoms with Gasteiger partial charge < -0.3 is 10.1 Å². The summed E-state index contributed by atoms with van der Waals surface area (Å²) in [6.07, 6.45) is 3.30. The van der Waals surface area contributed by atoms with Crippen LogP contribution in [0.5, 0.6) is 5.75 Å². The smallest absolute Gasteiger partial charge is 0.256 e. The van der Waals surface area contributed by atoms with Crippen molar-refractivity contribution in [2.24, 2.45) is 0 Å². The predicted octanol–water partition coefficient (Wildman–Crippen LogP) is 3.32. The minimum Gasteiger partial charge on any atom is -0.490 e. The SMILES string of the molecule is C=CCOc1ccc(C(=O)Nc2ccccn2)cc1.Cl. The van der Waals surface area contributed by atoms with E-state index in [1.165, 1.54) is 0 Å². The lowest BCUT2D eigenvalue weighted by atomic mass is 10.2. The molecule has 104 valence electrons. The Labute approximate surface area is 123 Å². The van der Waals surface area contributed by atoms with Crippen molar-refractivity contribution < 1.29 is 9.53 Å².